The van der Waals surface area contributed by atoms with Crippen molar-refractivity contribution < 1.29 is 14.5 Å². The van der Waals surface area contributed by atoms with Gasteiger partial charge in [0.25, 0.3) is 5.69 Å². The SMILES string of the molecule is CCOC(=O)C1CCCN(c2ccc([N+](=O)[O-])cc2Cl)C1. The molecule has 0 aromatic heterocycles. The zero-order valence-electron chi connectivity index (χ0n) is 11.8. The maximum atomic E-state index is 11.8. The van der Waals surface area contributed by atoms with Gasteiger partial charge in [0, 0.05) is 25.2 Å². The number of piperidine rings is 1. The summed E-state index contributed by atoms with van der Waals surface area (Å²) in [4.78, 5) is 24.1. The van der Waals surface area contributed by atoms with Crippen molar-refractivity contribution in [3.05, 3.63) is 33.3 Å². The number of hydrogen-bond acceptors (Lipinski definition) is 5. The fraction of sp³-hybridized carbons (Fsp3) is 0.500. The second kappa shape index (κ2) is 6.76. The van der Waals surface area contributed by atoms with Gasteiger partial charge in [-0.05, 0) is 25.8 Å². The number of esters is 1. The first-order valence-corrected chi connectivity index (χ1v) is 7.26. The number of carbonyl (C=O) groups excluding carboxylic acids is 1. The summed E-state index contributed by atoms with van der Waals surface area (Å²) in [5.41, 5.74) is 0.680. The predicted molar refractivity (Wildman–Crippen MR) is 79.7 cm³/mol. The molecule has 21 heavy (non-hydrogen) atoms. The Hall–Kier alpha value is -1.82. The number of nitro groups is 1. The van der Waals surface area contributed by atoms with Crippen LogP contribution in [0.2, 0.25) is 5.02 Å². The average molecular weight is 313 g/mol. The molecule has 0 aliphatic carbocycles. The maximum absolute atomic E-state index is 11.8. The minimum atomic E-state index is -0.479. The van der Waals surface area contributed by atoms with E-state index in [1.54, 1.807) is 13.0 Å². The summed E-state index contributed by atoms with van der Waals surface area (Å²) in [5, 5.41) is 11.1. The molecule has 1 aliphatic heterocycles. The summed E-state index contributed by atoms with van der Waals surface area (Å²) >= 11 is 6.13. The van der Waals surface area contributed by atoms with Gasteiger partial charge in [0.1, 0.15) is 0 Å². The standard InChI is InChI=1S/C14H17ClN2O4/c1-2-21-14(18)10-4-3-7-16(9-10)13-6-5-11(17(19)20)8-12(13)15/h5-6,8,10H,2-4,7,9H2,1H3. The number of nitro benzene ring substituents is 1. The maximum Gasteiger partial charge on any atom is 0.310 e. The first-order valence-electron chi connectivity index (χ1n) is 6.88. The predicted octanol–water partition coefficient (Wildman–Crippen LogP) is 3.03. The third-order valence-corrected chi connectivity index (χ3v) is 3.83. The molecule has 1 heterocycles. The molecular weight excluding hydrogens is 296 g/mol. The van der Waals surface area contributed by atoms with Crippen LogP contribution in [0.4, 0.5) is 11.4 Å². The van der Waals surface area contributed by atoms with Crippen LogP contribution < -0.4 is 4.90 Å². The van der Waals surface area contributed by atoms with E-state index in [4.69, 9.17) is 16.3 Å². The molecule has 0 amide bonds. The number of rotatable bonds is 4. The van der Waals surface area contributed by atoms with E-state index in [-0.39, 0.29) is 17.6 Å². The van der Waals surface area contributed by atoms with Crippen LogP contribution in [0, 0.1) is 16.0 Å². The van der Waals surface area contributed by atoms with E-state index in [0.717, 1.165) is 25.1 Å². The molecule has 0 radical (unpaired) electrons. The molecule has 0 spiro atoms. The molecule has 0 N–H and O–H groups in total. The first-order chi connectivity index (χ1) is 10.0. The van der Waals surface area contributed by atoms with Gasteiger partial charge in [-0.25, -0.2) is 0 Å². The van der Waals surface area contributed by atoms with Gasteiger partial charge in [-0.1, -0.05) is 11.6 Å². The van der Waals surface area contributed by atoms with E-state index in [2.05, 4.69) is 0 Å². The molecule has 114 valence electrons. The average Bonchev–Trinajstić information content (AvgIpc) is 2.47. The van der Waals surface area contributed by atoms with E-state index in [1.165, 1.54) is 12.1 Å². The lowest BCUT2D eigenvalue weighted by atomic mass is 9.97. The van der Waals surface area contributed by atoms with Gasteiger partial charge < -0.3 is 9.64 Å². The van der Waals surface area contributed by atoms with Crippen LogP contribution in [0.1, 0.15) is 19.8 Å². The monoisotopic (exact) mass is 312 g/mol. The van der Waals surface area contributed by atoms with E-state index < -0.39 is 4.92 Å². The van der Waals surface area contributed by atoms with Crippen molar-refractivity contribution in [1.82, 2.24) is 0 Å². The molecule has 1 aromatic rings. The molecule has 0 saturated carbocycles. The molecule has 1 saturated heterocycles. The molecule has 7 heteroatoms. The van der Waals surface area contributed by atoms with Crippen LogP contribution in [0.5, 0.6) is 0 Å². The number of hydrogen-bond donors (Lipinski definition) is 0. The van der Waals surface area contributed by atoms with Crippen LogP contribution in [-0.2, 0) is 9.53 Å². The van der Waals surface area contributed by atoms with Gasteiger partial charge in [0.2, 0.25) is 0 Å². The minimum Gasteiger partial charge on any atom is -0.466 e. The van der Waals surface area contributed by atoms with E-state index in [1.807, 2.05) is 4.90 Å². The highest BCUT2D eigenvalue weighted by molar-refractivity contribution is 6.33. The number of nitrogens with zero attached hydrogens (tertiary/aromatic N) is 2. The summed E-state index contributed by atoms with van der Waals surface area (Å²) in [5.74, 6) is -0.370. The van der Waals surface area contributed by atoms with Crippen LogP contribution in [-0.4, -0.2) is 30.6 Å². The smallest absolute Gasteiger partial charge is 0.310 e. The third kappa shape index (κ3) is 3.64. The minimum absolute atomic E-state index is 0.0392. The van der Waals surface area contributed by atoms with Crippen molar-refractivity contribution in [3.8, 4) is 0 Å². The Morgan fingerprint density at radius 1 is 1.57 bits per heavy atom. The Labute approximate surface area is 127 Å². The number of carbonyl (C=O) groups is 1. The van der Waals surface area contributed by atoms with Gasteiger partial charge in [0.15, 0.2) is 0 Å². The van der Waals surface area contributed by atoms with Crippen LogP contribution in [0.3, 0.4) is 0 Å². The Morgan fingerprint density at radius 3 is 2.95 bits per heavy atom. The molecule has 1 aliphatic rings. The lowest BCUT2D eigenvalue weighted by molar-refractivity contribution is -0.384. The molecular formula is C14H17ClN2O4. The third-order valence-electron chi connectivity index (χ3n) is 3.52. The van der Waals surface area contributed by atoms with Crippen molar-refractivity contribution in [1.29, 1.82) is 0 Å². The van der Waals surface area contributed by atoms with Gasteiger partial charge in [0.05, 0.1) is 28.2 Å². The van der Waals surface area contributed by atoms with Crippen molar-refractivity contribution >= 4 is 28.9 Å². The van der Waals surface area contributed by atoms with Crippen LogP contribution in [0.15, 0.2) is 18.2 Å². The Morgan fingerprint density at radius 2 is 2.33 bits per heavy atom. The molecule has 1 aromatic carbocycles. The highest BCUT2D eigenvalue weighted by atomic mass is 35.5. The Kier molecular flexibility index (Phi) is 5.01. The zero-order valence-corrected chi connectivity index (χ0v) is 12.5. The molecule has 1 unspecified atom stereocenters. The summed E-state index contributed by atoms with van der Waals surface area (Å²) in [6.45, 7) is 3.45. The number of non-ortho nitro benzene ring substituents is 1. The van der Waals surface area contributed by atoms with Gasteiger partial charge in [-0.15, -0.1) is 0 Å². The van der Waals surface area contributed by atoms with E-state index in [9.17, 15) is 14.9 Å². The highest BCUT2D eigenvalue weighted by Gasteiger charge is 2.28. The lowest BCUT2D eigenvalue weighted by Gasteiger charge is -2.33. The summed E-state index contributed by atoms with van der Waals surface area (Å²) in [7, 11) is 0. The first kappa shape index (κ1) is 15.6. The normalized spacial score (nSPS) is 18.4. The highest BCUT2D eigenvalue weighted by Crippen LogP contribution is 2.32. The van der Waals surface area contributed by atoms with Crippen molar-refractivity contribution in [3.63, 3.8) is 0 Å². The molecule has 6 nitrogen and oxygen atoms in total. The summed E-state index contributed by atoms with van der Waals surface area (Å²) in [6.07, 6.45) is 1.65. The zero-order chi connectivity index (χ0) is 15.4. The Balaban J connectivity index is 2.14. The Bertz CT molecular complexity index is 550. The number of benzene rings is 1. The van der Waals surface area contributed by atoms with E-state index in [0.29, 0.717) is 18.2 Å². The summed E-state index contributed by atoms with van der Waals surface area (Å²) < 4.78 is 5.06. The molecule has 2 rings (SSSR count). The molecule has 0 bridgehead atoms. The topological polar surface area (TPSA) is 72.7 Å². The lowest BCUT2D eigenvalue weighted by Crippen LogP contribution is -2.39. The van der Waals surface area contributed by atoms with Crippen molar-refractivity contribution in [2.75, 3.05) is 24.6 Å². The van der Waals surface area contributed by atoms with Gasteiger partial charge in [-0.3, -0.25) is 14.9 Å². The van der Waals surface area contributed by atoms with Crippen molar-refractivity contribution in [2.45, 2.75) is 19.8 Å². The largest absolute Gasteiger partial charge is 0.466 e. The molecule has 1 fully saturated rings. The second-order valence-corrected chi connectivity index (χ2v) is 5.34. The fourth-order valence-electron chi connectivity index (χ4n) is 2.51. The van der Waals surface area contributed by atoms with Gasteiger partial charge in [-0.2, -0.15) is 0 Å². The number of halogens is 1. The summed E-state index contributed by atoms with van der Waals surface area (Å²) in [6, 6.07) is 4.40. The second-order valence-electron chi connectivity index (χ2n) is 4.93. The van der Waals surface area contributed by atoms with Gasteiger partial charge >= 0.3 is 5.97 Å². The number of anilines is 1. The van der Waals surface area contributed by atoms with Crippen LogP contribution in [0.25, 0.3) is 0 Å². The number of ether oxygens (including phenoxy) is 1. The quantitative estimate of drug-likeness (QED) is 0.485. The van der Waals surface area contributed by atoms with Crippen LogP contribution >= 0.6 is 11.6 Å². The van der Waals surface area contributed by atoms with Crippen molar-refractivity contribution in [2.24, 2.45) is 5.92 Å². The fourth-order valence-corrected chi connectivity index (χ4v) is 2.81. The molecule has 1 atom stereocenters. The van der Waals surface area contributed by atoms with E-state index >= 15 is 0 Å².